The molecule has 1 aliphatic heterocycles. The second-order valence-corrected chi connectivity index (χ2v) is 8.71. The molecule has 1 saturated heterocycles. The summed E-state index contributed by atoms with van der Waals surface area (Å²) in [5.41, 5.74) is 3.67. The van der Waals surface area contributed by atoms with Crippen LogP contribution in [0.25, 0.3) is 0 Å². The van der Waals surface area contributed by atoms with E-state index in [9.17, 15) is 9.59 Å². The van der Waals surface area contributed by atoms with Gasteiger partial charge in [-0.1, -0.05) is 0 Å². The van der Waals surface area contributed by atoms with Gasteiger partial charge >= 0.3 is 0 Å². The van der Waals surface area contributed by atoms with Gasteiger partial charge < -0.3 is 25.1 Å². The van der Waals surface area contributed by atoms with E-state index in [1.807, 2.05) is 6.07 Å². The number of hydrogen-bond donors (Lipinski definition) is 4. The van der Waals surface area contributed by atoms with Crippen LogP contribution in [0.3, 0.4) is 0 Å². The van der Waals surface area contributed by atoms with Gasteiger partial charge in [0.2, 0.25) is 5.91 Å². The maximum atomic E-state index is 13.5. The summed E-state index contributed by atoms with van der Waals surface area (Å²) in [6.45, 7) is 4.82. The first kappa shape index (κ1) is 22.9. The van der Waals surface area contributed by atoms with Crippen molar-refractivity contribution in [1.29, 1.82) is 0 Å². The van der Waals surface area contributed by atoms with E-state index in [4.69, 9.17) is 9.94 Å². The van der Waals surface area contributed by atoms with Crippen molar-refractivity contribution in [1.82, 2.24) is 20.7 Å². The van der Waals surface area contributed by atoms with Crippen LogP contribution in [-0.2, 0) is 16.0 Å². The van der Waals surface area contributed by atoms with Gasteiger partial charge in [-0.2, -0.15) is 0 Å². The summed E-state index contributed by atoms with van der Waals surface area (Å²) in [6, 6.07) is 2.12. The quantitative estimate of drug-likeness (QED) is 0.338. The molecule has 30 heavy (non-hydrogen) atoms. The van der Waals surface area contributed by atoms with E-state index >= 15 is 0 Å². The molecule has 3 rings (SSSR count). The Hall–Kier alpha value is -1.74. The summed E-state index contributed by atoms with van der Waals surface area (Å²) in [6.07, 6.45) is 6.94. The summed E-state index contributed by atoms with van der Waals surface area (Å²) in [5, 5.41) is 12.2. The fourth-order valence-electron chi connectivity index (χ4n) is 4.44. The highest BCUT2D eigenvalue weighted by Crippen LogP contribution is 2.36. The summed E-state index contributed by atoms with van der Waals surface area (Å²) >= 11 is 0. The van der Waals surface area contributed by atoms with Crippen LogP contribution in [0, 0.1) is 11.8 Å². The zero-order chi connectivity index (χ0) is 21.5. The molecular formula is C22H36N4O4. The number of hydrogen-bond acceptors (Lipinski definition) is 6. The van der Waals surface area contributed by atoms with Gasteiger partial charge in [-0.3, -0.25) is 9.59 Å². The van der Waals surface area contributed by atoms with E-state index in [0.29, 0.717) is 43.5 Å². The molecule has 1 amide bonds. The molecule has 4 N–H and O–H groups in total. The van der Waals surface area contributed by atoms with Gasteiger partial charge in [0, 0.05) is 44.5 Å². The molecule has 2 fully saturated rings. The number of nitrogens with zero attached hydrogens (tertiary/aromatic N) is 1. The summed E-state index contributed by atoms with van der Waals surface area (Å²) in [7, 11) is 1.73. The normalized spacial score (nSPS) is 23.0. The molecule has 0 spiro atoms. The number of pyridine rings is 1. The van der Waals surface area contributed by atoms with E-state index in [2.05, 4.69) is 27.6 Å². The fourth-order valence-corrected chi connectivity index (χ4v) is 4.44. The summed E-state index contributed by atoms with van der Waals surface area (Å²) in [5.74, 6) is 0.648. The second kappa shape index (κ2) is 11.0. The SMILES string of the molecule is COC[C@H]1CC[C@@H](C(=O)N(C2CC2)[C@H](C)c2c[nH]c(=O)c(CCCNO)c2)CNC1. The third-order valence-corrected chi connectivity index (χ3v) is 6.33. The highest BCUT2D eigenvalue weighted by molar-refractivity contribution is 5.80. The van der Waals surface area contributed by atoms with Gasteiger partial charge in [0.05, 0.1) is 18.6 Å². The van der Waals surface area contributed by atoms with Crippen LogP contribution >= 0.6 is 0 Å². The van der Waals surface area contributed by atoms with Gasteiger partial charge in [0.1, 0.15) is 0 Å². The number of nitrogens with one attached hydrogen (secondary N) is 3. The number of ether oxygens (including phenoxy) is 1. The molecule has 8 nitrogen and oxygen atoms in total. The number of methoxy groups -OCH3 is 1. The molecule has 1 aromatic heterocycles. The van der Waals surface area contributed by atoms with Crippen molar-refractivity contribution in [2.24, 2.45) is 11.8 Å². The van der Waals surface area contributed by atoms with Crippen LogP contribution in [0.4, 0.5) is 0 Å². The number of aromatic nitrogens is 1. The Morgan fingerprint density at radius 1 is 1.33 bits per heavy atom. The number of H-pyrrole nitrogens is 1. The third kappa shape index (κ3) is 5.91. The first-order chi connectivity index (χ1) is 14.5. The van der Waals surface area contributed by atoms with Crippen molar-refractivity contribution in [3.05, 3.63) is 33.7 Å². The van der Waals surface area contributed by atoms with Gasteiger partial charge in [-0.05, 0) is 63.0 Å². The maximum absolute atomic E-state index is 13.5. The second-order valence-electron chi connectivity index (χ2n) is 8.71. The minimum Gasteiger partial charge on any atom is -0.384 e. The number of rotatable bonds is 10. The molecule has 3 atom stereocenters. The van der Waals surface area contributed by atoms with Gasteiger partial charge in [-0.15, -0.1) is 0 Å². The Morgan fingerprint density at radius 2 is 2.13 bits per heavy atom. The number of hydroxylamine groups is 1. The average molecular weight is 421 g/mol. The number of carbonyl (C=O) groups is 1. The molecule has 0 unspecified atom stereocenters. The molecule has 0 bridgehead atoms. The number of aryl methyl sites for hydroxylation is 1. The lowest BCUT2D eigenvalue weighted by Gasteiger charge is -2.33. The van der Waals surface area contributed by atoms with Crippen LogP contribution in [0.5, 0.6) is 0 Å². The molecule has 1 saturated carbocycles. The van der Waals surface area contributed by atoms with Gasteiger partial charge in [0.25, 0.3) is 5.56 Å². The Kier molecular flexibility index (Phi) is 8.44. The topological polar surface area (TPSA) is 107 Å². The lowest BCUT2D eigenvalue weighted by Crippen LogP contribution is -2.42. The van der Waals surface area contributed by atoms with E-state index in [-0.39, 0.29) is 23.4 Å². The largest absolute Gasteiger partial charge is 0.384 e. The van der Waals surface area contributed by atoms with Crippen LogP contribution in [0.15, 0.2) is 17.1 Å². The van der Waals surface area contributed by atoms with Crippen LogP contribution in [0.2, 0.25) is 0 Å². The fraction of sp³-hybridized carbons (Fsp3) is 0.727. The monoisotopic (exact) mass is 420 g/mol. The maximum Gasteiger partial charge on any atom is 0.251 e. The molecule has 0 radical (unpaired) electrons. The molecule has 168 valence electrons. The summed E-state index contributed by atoms with van der Waals surface area (Å²) < 4.78 is 5.30. The molecule has 0 aromatic carbocycles. The van der Waals surface area contributed by atoms with Gasteiger partial charge in [-0.25, -0.2) is 5.48 Å². The molecule has 2 heterocycles. The molecule has 8 heteroatoms. The first-order valence-corrected chi connectivity index (χ1v) is 11.2. The number of amides is 1. The van der Waals surface area contributed by atoms with E-state index in [1.54, 1.807) is 13.3 Å². The standard InChI is InChI=1S/C22H36N4O4/c1-15(19-10-17(4-3-9-25-29)21(27)24-13-19)26(20-7-8-20)22(28)18-6-5-16(14-30-2)11-23-12-18/h10,13,15-16,18,20,23,25,29H,3-9,11-12,14H2,1-2H3,(H,24,27)/t15-,16+,18-/m1/s1. The average Bonchev–Trinajstić information content (AvgIpc) is 3.58. The van der Waals surface area contributed by atoms with Crippen LogP contribution in [-0.4, -0.2) is 60.4 Å². The van der Waals surface area contributed by atoms with Crippen molar-refractivity contribution in [2.45, 2.75) is 57.5 Å². The highest BCUT2D eigenvalue weighted by Gasteiger charge is 2.39. The van der Waals surface area contributed by atoms with Crippen molar-refractivity contribution < 1.29 is 14.7 Å². The summed E-state index contributed by atoms with van der Waals surface area (Å²) in [4.78, 5) is 30.6. The molecule has 1 aliphatic carbocycles. The number of carbonyl (C=O) groups excluding carboxylic acids is 1. The van der Waals surface area contributed by atoms with Crippen molar-refractivity contribution in [3.8, 4) is 0 Å². The third-order valence-electron chi connectivity index (χ3n) is 6.33. The van der Waals surface area contributed by atoms with E-state index in [0.717, 1.165) is 44.4 Å². The zero-order valence-electron chi connectivity index (χ0n) is 18.2. The smallest absolute Gasteiger partial charge is 0.251 e. The van der Waals surface area contributed by atoms with Crippen LogP contribution in [0.1, 0.15) is 56.2 Å². The minimum atomic E-state index is -0.106. The Bertz CT molecular complexity index is 749. The predicted molar refractivity (Wildman–Crippen MR) is 114 cm³/mol. The lowest BCUT2D eigenvalue weighted by molar-refractivity contribution is -0.138. The molecular weight excluding hydrogens is 384 g/mol. The van der Waals surface area contributed by atoms with Gasteiger partial charge in [0.15, 0.2) is 0 Å². The predicted octanol–water partition coefficient (Wildman–Crippen LogP) is 1.60. The van der Waals surface area contributed by atoms with E-state index < -0.39 is 0 Å². The van der Waals surface area contributed by atoms with Crippen molar-refractivity contribution in [3.63, 3.8) is 0 Å². The minimum absolute atomic E-state index is 0.0206. The Morgan fingerprint density at radius 3 is 2.83 bits per heavy atom. The molecule has 1 aromatic rings. The lowest BCUT2D eigenvalue weighted by atomic mass is 9.96. The van der Waals surface area contributed by atoms with Crippen LogP contribution < -0.4 is 16.4 Å². The highest BCUT2D eigenvalue weighted by atomic mass is 16.5. The van der Waals surface area contributed by atoms with Crippen molar-refractivity contribution >= 4 is 5.91 Å². The zero-order valence-corrected chi connectivity index (χ0v) is 18.2. The first-order valence-electron chi connectivity index (χ1n) is 11.2. The Balaban J connectivity index is 1.72. The van der Waals surface area contributed by atoms with E-state index in [1.165, 1.54) is 0 Å². The van der Waals surface area contributed by atoms with Crippen molar-refractivity contribution in [2.75, 3.05) is 33.4 Å². The molecule has 2 aliphatic rings. The number of aromatic amines is 1. The Labute approximate surface area is 178 Å².